The fourth-order valence-electron chi connectivity index (χ4n) is 2.71. The molecule has 1 atom stereocenters. The van der Waals surface area contributed by atoms with Crippen molar-refractivity contribution >= 4 is 18.0 Å². The Morgan fingerprint density at radius 1 is 1.21 bits per heavy atom. The lowest BCUT2D eigenvalue weighted by molar-refractivity contribution is -0.135. The van der Waals surface area contributed by atoms with Crippen LogP contribution in [0.15, 0.2) is 24.3 Å². The van der Waals surface area contributed by atoms with E-state index in [1.54, 1.807) is 4.90 Å². The van der Waals surface area contributed by atoms with Gasteiger partial charge >= 0.3 is 0 Å². The van der Waals surface area contributed by atoms with Gasteiger partial charge in [-0.3, -0.25) is 9.59 Å². The number of hydrogen-bond donors (Lipinski definition) is 1. The zero-order valence-corrected chi connectivity index (χ0v) is 10.7. The molecule has 0 bridgehead atoms. The fourth-order valence-corrected chi connectivity index (χ4v) is 2.71. The number of fused-ring (bicyclic) bond motifs is 1. The normalized spacial score (nSPS) is 21.8. The molecule has 19 heavy (non-hydrogen) atoms. The van der Waals surface area contributed by atoms with Gasteiger partial charge in [0.25, 0.3) is 0 Å². The van der Waals surface area contributed by atoms with Gasteiger partial charge in [-0.25, -0.2) is 0 Å². The number of carbonyl (C=O) groups is 2. The van der Waals surface area contributed by atoms with Gasteiger partial charge in [0.1, 0.15) is 6.04 Å². The summed E-state index contributed by atoms with van der Waals surface area (Å²) in [6.45, 7) is 2.53. The van der Waals surface area contributed by atoms with Gasteiger partial charge in [0.2, 0.25) is 12.3 Å². The summed E-state index contributed by atoms with van der Waals surface area (Å²) in [4.78, 5) is 26.6. The Morgan fingerprint density at radius 2 is 1.95 bits per heavy atom. The minimum absolute atomic E-state index is 0.141. The molecule has 100 valence electrons. The van der Waals surface area contributed by atoms with Crippen LogP contribution in [0.1, 0.15) is 5.56 Å². The van der Waals surface area contributed by atoms with Crippen molar-refractivity contribution in [3.8, 4) is 0 Å². The van der Waals surface area contributed by atoms with E-state index in [2.05, 4.69) is 11.4 Å². The Morgan fingerprint density at radius 3 is 2.63 bits per heavy atom. The van der Waals surface area contributed by atoms with Crippen molar-refractivity contribution in [3.05, 3.63) is 29.8 Å². The van der Waals surface area contributed by atoms with Crippen molar-refractivity contribution < 1.29 is 9.59 Å². The van der Waals surface area contributed by atoms with Crippen LogP contribution < -0.4 is 5.32 Å². The molecule has 2 heterocycles. The maximum Gasteiger partial charge on any atom is 0.245 e. The molecular formula is C14H17N3O2. The second-order valence-electron chi connectivity index (χ2n) is 5.02. The largest absolute Gasteiger partial charge is 0.373 e. The lowest BCUT2D eigenvalue weighted by atomic mass is 10.1. The molecule has 5 nitrogen and oxygen atoms in total. The second kappa shape index (κ2) is 4.91. The number of benzene rings is 1. The molecule has 2 aliphatic heterocycles. The van der Waals surface area contributed by atoms with Crippen molar-refractivity contribution in [1.29, 1.82) is 0 Å². The number of amides is 2. The maximum atomic E-state index is 12.4. The van der Waals surface area contributed by atoms with Gasteiger partial charge in [0.05, 0.1) is 0 Å². The minimum atomic E-state index is -0.153. The summed E-state index contributed by atoms with van der Waals surface area (Å²) in [5.41, 5.74) is 2.26. The number of nitrogens with one attached hydrogen (secondary N) is 1. The third-order valence-corrected chi connectivity index (χ3v) is 3.84. The van der Waals surface area contributed by atoms with E-state index in [0.717, 1.165) is 18.5 Å². The smallest absolute Gasteiger partial charge is 0.245 e. The molecular weight excluding hydrogens is 242 g/mol. The number of hydrogen-bond acceptors (Lipinski definition) is 3. The first kappa shape index (κ1) is 12.0. The standard InChI is InChI=1S/C14H17N3O2/c18-10-16-5-7-17(8-6-16)14(19)13-9-11-3-1-2-4-12(11)15-13/h1-4,10,13,15H,5-9H2. The fraction of sp³-hybridized carbons (Fsp3) is 0.429. The molecule has 1 saturated heterocycles. The third-order valence-electron chi connectivity index (χ3n) is 3.84. The highest BCUT2D eigenvalue weighted by Crippen LogP contribution is 2.26. The summed E-state index contributed by atoms with van der Waals surface area (Å²) in [5, 5.41) is 3.28. The summed E-state index contributed by atoms with van der Waals surface area (Å²) in [5.74, 6) is 0.141. The molecule has 0 spiro atoms. The van der Waals surface area contributed by atoms with Crippen LogP contribution in [0.2, 0.25) is 0 Å². The van der Waals surface area contributed by atoms with Crippen LogP contribution in [0.25, 0.3) is 0 Å². The molecule has 0 radical (unpaired) electrons. The number of carbonyl (C=O) groups excluding carboxylic acids is 2. The predicted molar refractivity (Wildman–Crippen MR) is 71.8 cm³/mol. The van der Waals surface area contributed by atoms with E-state index < -0.39 is 0 Å². The van der Waals surface area contributed by atoms with Crippen LogP contribution in [-0.2, 0) is 16.0 Å². The molecule has 2 aliphatic rings. The van der Waals surface area contributed by atoms with E-state index in [9.17, 15) is 9.59 Å². The quantitative estimate of drug-likeness (QED) is 0.778. The van der Waals surface area contributed by atoms with E-state index in [-0.39, 0.29) is 11.9 Å². The van der Waals surface area contributed by atoms with Gasteiger partial charge in [-0.05, 0) is 11.6 Å². The van der Waals surface area contributed by atoms with Crippen LogP contribution in [0.3, 0.4) is 0 Å². The number of anilines is 1. The van der Waals surface area contributed by atoms with Crippen molar-refractivity contribution in [2.24, 2.45) is 0 Å². The molecule has 0 aromatic heterocycles. The lowest BCUT2D eigenvalue weighted by Crippen LogP contribution is -2.52. The summed E-state index contributed by atoms with van der Waals surface area (Å²) < 4.78 is 0. The Bertz CT molecular complexity index is 470. The van der Waals surface area contributed by atoms with Crippen molar-refractivity contribution in [3.63, 3.8) is 0 Å². The topological polar surface area (TPSA) is 52.7 Å². The van der Waals surface area contributed by atoms with Crippen LogP contribution in [-0.4, -0.2) is 54.3 Å². The van der Waals surface area contributed by atoms with Crippen LogP contribution in [0.4, 0.5) is 5.69 Å². The Labute approximate surface area is 112 Å². The minimum Gasteiger partial charge on any atom is -0.373 e. The zero-order valence-electron chi connectivity index (χ0n) is 10.7. The summed E-state index contributed by atoms with van der Waals surface area (Å²) in [6.07, 6.45) is 1.61. The second-order valence-corrected chi connectivity index (χ2v) is 5.02. The van der Waals surface area contributed by atoms with E-state index in [0.29, 0.717) is 26.2 Å². The SMILES string of the molecule is O=CN1CCN(C(=O)C2Cc3ccccc3N2)CC1. The van der Waals surface area contributed by atoms with Crippen molar-refractivity contribution in [1.82, 2.24) is 9.80 Å². The highest BCUT2D eigenvalue weighted by atomic mass is 16.2. The number of rotatable bonds is 2. The Hall–Kier alpha value is -2.04. The first-order chi connectivity index (χ1) is 9.28. The molecule has 0 aliphatic carbocycles. The summed E-state index contributed by atoms with van der Waals surface area (Å²) in [7, 11) is 0. The molecule has 5 heteroatoms. The predicted octanol–water partition coefficient (Wildman–Crippen LogP) is 0.324. The zero-order chi connectivity index (χ0) is 13.2. The van der Waals surface area contributed by atoms with E-state index in [1.165, 1.54) is 5.56 Å². The Kier molecular flexibility index (Phi) is 3.11. The molecule has 0 saturated carbocycles. The van der Waals surface area contributed by atoms with Gasteiger partial charge in [-0.2, -0.15) is 0 Å². The number of piperazine rings is 1. The van der Waals surface area contributed by atoms with Gasteiger partial charge < -0.3 is 15.1 Å². The monoisotopic (exact) mass is 259 g/mol. The first-order valence-electron chi connectivity index (χ1n) is 6.60. The molecule has 3 rings (SSSR count). The number of nitrogens with zero attached hydrogens (tertiary/aromatic N) is 2. The average Bonchev–Trinajstić information content (AvgIpc) is 2.90. The van der Waals surface area contributed by atoms with E-state index in [1.807, 2.05) is 23.1 Å². The van der Waals surface area contributed by atoms with Gasteiger partial charge in [0.15, 0.2) is 0 Å². The van der Waals surface area contributed by atoms with Gasteiger partial charge in [-0.1, -0.05) is 18.2 Å². The first-order valence-corrected chi connectivity index (χ1v) is 6.60. The summed E-state index contributed by atoms with van der Waals surface area (Å²) in [6, 6.07) is 7.88. The lowest BCUT2D eigenvalue weighted by Gasteiger charge is -2.34. The molecule has 1 unspecified atom stereocenters. The molecule has 1 fully saturated rings. The van der Waals surface area contributed by atoms with Gasteiger partial charge in [-0.15, -0.1) is 0 Å². The third kappa shape index (κ3) is 2.28. The van der Waals surface area contributed by atoms with Gasteiger partial charge in [0, 0.05) is 38.3 Å². The highest BCUT2D eigenvalue weighted by molar-refractivity contribution is 5.87. The van der Waals surface area contributed by atoms with Crippen LogP contribution in [0, 0.1) is 0 Å². The molecule has 1 aromatic carbocycles. The van der Waals surface area contributed by atoms with Crippen LogP contribution >= 0.6 is 0 Å². The summed E-state index contributed by atoms with van der Waals surface area (Å²) >= 11 is 0. The van der Waals surface area contributed by atoms with E-state index >= 15 is 0 Å². The van der Waals surface area contributed by atoms with Crippen molar-refractivity contribution in [2.45, 2.75) is 12.5 Å². The maximum absolute atomic E-state index is 12.4. The molecule has 2 amide bonds. The Balaban J connectivity index is 1.62. The molecule has 1 N–H and O–H groups in total. The molecule has 1 aromatic rings. The van der Waals surface area contributed by atoms with Crippen molar-refractivity contribution in [2.75, 3.05) is 31.5 Å². The highest BCUT2D eigenvalue weighted by Gasteiger charge is 2.31. The van der Waals surface area contributed by atoms with Crippen LogP contribution in [0.5, 0.6) is 0 Å². The average molecular weight is 259 g/mol. The van der Waals surface area contributed by atoms with E-state index in [4.69, 9.17) is 0 Å². The number of para-hydroxylation sites is 1.